The molecule has 33 heavy (non-hydrogen) atoms. The van der Waals surface area contributed by atoms with E-state index in [0.717, 1.165) is 23.0 Å². The van der Waals surface area contributed by atoms with Gasteiger partial charge in [-0.1, -0.05) is 36.4 Å². The van der Waals surface area contributed by atoms with E-state index in [1.54, 1.807) is 43.3 Å². The minimum absolute atomic E-state index is 0.00540. The maximum atomic E-state index is 13.4. The topological polar surface area (TPSA) is 83.1 Å². The Morgan fingerprint density at radius 2 is 1.82 bits per heavy atom. The first-order valence-electron chi connectivity index (χ1n) is 10.1. The van der Waals surface area contributed by atoms with Crippen molar-refractivity contribution in [3.63, 3.8) is 0 Å². The molecule has 0 radical (unpaired) electrons. The number of benzene rings is 1. The zero-order chi connectivity index (χ0) is 24.1. The molecule has 0 saturated heterocycles. The summed E-state index contributed by atoms with van der Waals surface area (Å²) in [6.07, 6.45) is -4.18. The van der Waals surface area contributed by atoms with Crippen LogP contribution in [0, 0.1) is 0 Å². The largest absolute Gasteiger partial charge is 0.494 e. The fraction of sp³-hybridized carbons (Fsp3) is 0.318. The molecule has 0 unspecified atom stereocenters. The van der Waals surface area contributed by atoms with E-state index >= 15 is 0 Å². The molecular weight excluding hydrogens is 439 g/mol. The summed E-state index contributed by atoms with van der Waals surface area (Å²) >= 11 is 0. The van der Waals surface area contributed by atoms with Crippen LogP contribution in [0.2, 0.25) is 0 Å². The van der Waals surface area contributed by atoms with Crippen molar-refractivity contribution in [3.05, 3.63) is 69.2 Å². The summed E-state index contributed by atoms with van der Waals surface area (Å²) in [5.41, 5.74) is -1.16. The molecule has 1 amide bonds. The Kier molecular flexibility index (Phi) is 5.43. The number of carbonyl (C=O) groups excluding carboxylic acids is 1. The van der Waals surface area contributed by atoms with Crippen LogP contribution in [0.3, 0.4) is 0 Å². The van der Waals surface area contributed by atoms with Gasteiger partial charge in [-0.2, -0.15) is 18.2 Å². The Hall–Kier alpha value is -3.76. The fourth-order valence-corrected chi connectivity index (χ4v) is 3.81. The summed E-state index contributed by atoms with van der Waals surface area (Å²) in [5, 5.41) is 11.0. The second-order valence-electron chi connectivity index (χ2n) is 8.03. The molecule has 0 saturated carbocycles. The van der Waals surface area contributed by atoms with Crippen LogP contribution < -0.4 is 10.5 Å². The van der Waals surface area contributed by atoms with Crippen LogP contribution >= 0.6 is 0 Å². The van der Waals surface area contributed by atoms with E-state index in [4.69, 9.17) is 0 Å². The third-order valence-electron chi connectivity index (χ3n) is 5.65. The van der Waals surface area contributed by atoms with Crippen LogP contribution in [-0.2, 0) is 13.0 Å². The lowest BCUT2D eigenvalue weighted by Crippen LogP contribution is -2.43. The van der Waals surface area contributed by atoms with E-state index in [1.807, 2.05) is 6.07 Å². The molecule has 4 rings (SSSR count). The van der Waals surface area contributed by atoms with Crippen molar-refractivity contribution in [1.29, 1.82) is 0 Å². The number of nitrogens with zero attached hydrogens (tertiary/aromatic N) is 5. The summed E-state index contributed by atoms with van der Waals surface area (Å²) in [4.78, 5) is 33.8. The monoisotopic (exact) mass is 461 g/mol. The fourth-order valence-electron chi connectivity index (χ4n) is 3.81. The van der Waals surface area contributed by atoms with Crippen LogP contribution in [0.15, 0.2) is 46.8 Å². The SMILES string of the molecule is CC(=CCc1c(O)n(Cc2ccccc2)c2nc3c(n2c1=O)C(=O)N(C)CN3C)C(F)(F)F. The second-order valence-corrected chi connectivity index (χ2v) is 8.03. The van der Waals surface area contributed by atoms with E-state index in [-0.39, 0.29) is 36.1 Å². The Bertz CT molecular complexity index is 1330. The minimum atomic E-state index is -4.56. The van der Waals surface area contributed by atoms with Gasteiger partial charge in [-0.3, -0.25) is 14.2 Å². The molecule has 0 bridgehead atoms. The molecule has 2 aromatic heterocycles. The predicted octanol–water partition coefficient (Wildman–Crippen LogP) is 2.78. The Morgan fingerprint density at radius 3 is 2.45 bits per heavy atom. The number of hydrogen-bond donors (Lipinski definition) is 1. The van der Waals surface area contributed by atoms with Crippen LogP contribution in [-0.4, -0.2) is 56.8 Å². The van der Waals surface area contributed by atoms with Crippen molar-refractivity contribution < 1.29 is 23.1 Å². The normalized spacial score (nSPS) is 14.8. The van der Waals surface area contributed by atoms with E-state index in [2.05, 4.69) is 4.98 Å². The summed E-state index contributed by atoms with van der Waals surface area (Å²) in [6, 6.07) is 9.01. The van der Waals surface area contributed by atoms with E-state index < -0.39 is 35.5 Å². The van der Waals surface area contributed by atoms with Gasteiger partial charge in [0, 0.05) is 26.1 Å². The zero-order valence-electron chi connectivity index (χ0n) is 18.2. The first-order chi connectivity index (χ1) is 15.5. The Balaban J connectivity index is 2.00. The molecule has 0 spiro atoms. The average Bonchev–Trinajstić information content (AvgIpc) is 3.16. The van der Waals surface area contributed by atoms with Gasteiger partial charge in [0.2, 0.25) is 11.7 Å². The highest BCUT2D eigenvalue weighted by Gasteiger charge is 2.34. The third-order valence-corrected chi connectivity index (χ3v) is 5.65. The number of carbonyl (C=O) groups is 1. The standard InChI is InChI=1S/C22H22F3N5O3/c1-13(22(23,24)25)9-10-15-18(31)29(11-14-7-5-4-6-8-14)21-26-17-16(30(21)19(15)32)20(33)28(3)12-27(17)2/h4-9,31H,10-12H2,1-3H3. The van der Waals surface area contributed by atoms with E-state index in [9.17, 15) is 27.9 Å². The van der Waals surface area contributed by atoms with Crippen molar-refractivity contribution in [3.8, 4) is 5.88 Å². The molecule has 1 aliphatic heterocycles. The van der Waals surface area contributed by atoms with Crippen LogP contribution in [0.5, 0.6) is 5.88 Å². The number of anilines is 1. The first-order valence-corrected chi connectivity index (χ1v) is 10.1. The molecule has 1 aromatic carbocycles. The number of rotatable bonds is 4. The van der Waals surface area contributed by atoms with Crippen LogP contribution in [0.4, 0.5) is 19.0 Å². The van der Waals surface area contributed by atoms with Crippen LogP contribution in [0.1, 0.15) is 28.5 Å². The molecule has 1 aliphatic rings. The summed E-state index contributed by atoms with van der Waals surface area (Å²) in [7, 11) is 3.27. The van der Waals surface area contributed by atoms with Gasteiger partial charge in [0.25, 0.3) is 11.5 Å². The molecular formula is C22H22F3N5O3. The quantitative estimate of drug-likeness (QED) is 0.605. The number of aromatic hydroxyl groups is 1. The van der Waals surface area contributed by atoms with Gasteiger partial charge >= 0.3 is 6.18 Å². The minimum Gasteiger partial charge on any atom is -0.494 e. The number of aromatic nitrogens is 3. The van der Waals surface area contributed by atoms with Crippen molar-refractivity contribution in [2.24, 2.45) is 0 Å². The highest BCUT2D eigenvalue weighted by atomic mass is 19.4. The highest BCUT2D eigenvalue weighted by Crippen LogP contribution is 2.30. The maximum Gasteiger partial charge on any atom is 0.412 e. The third kappa shape index (κ3) is 3.83. The number of halogens is 3. The molecule has 11 heteroatoms. The van der Waals surface area contributed by atoms with Gasteiger partial charge in [-0.25, -0.2) is 4.40 Å². The Labute approximate surface area is 186 Å². The maximum absolute atomic E-state index is 13.4. The molecule has 0 fully saturated rings. The molecule has 0 aliphatic carbocycles. The van der Waals surface area contributed by atoms with Crippen molar-refractivity contribution in [1.82, 2.24) is 18.9 Å². The Morgan fingerprint density at radius 1 is 1.15 bits per heavy atom. The lowest BCUT2D eigenvalue weighted by Gasteiger charge is -2.30. The summed E-state index contributed by atoms with van der Waals surface area (Å²) in [5.74, 6) is -0.649. The second kappa shape index (κ2) is 7.98. The van der Waals surface area contributed by atoms with E-state index in [0.29, 0.717) is 0 Å². The molecule has 1 N–H and O–H groups in total. The van der Waals surface area contributed by atoms with Gasteiger partial charge in [0.05, 0.1) is 18.8 Å². The number of hydrogen-bond acceptors (Lipinski definition) is 5. The average molecular weight is 461 g/mol. The van der Waals surface area contributed by atoms with Gasteiger partial charge in [-0.05, 0) is 12.5 Å². The van der Waals surface area contributed by atoms with Crippen molar-refractivity contribution >= 4 is 17.5 Å². The van der Waals surface area contributed by atoms with Crippen LogP contribution in [0.25, 0.3) is 5.78 Å². The van der Waals surface area contributed by atoms with Gasteiger partial charge in [0.15, 0.2) is 11.5 Å². The zero-order valence-corrected chi connectivity index (χ0v) is 18.2. The first kappa shape index (κ1) is 22.4. The molecule has 8 nitrogen and oxygen atoms in total. The molecule has 0 atom stereocenters. The molecule has 3 heterocycles. The van der Waals surface area contributed by atoms with E-state index in [1.165, 1.54) is 9.47 Å². The van der Waals surface area contributed by atoms with Gasteiger partial charge < -0.3 is 14.9 Å². The molecule has 3 aromatic rings. The summed E-state index contributed by atoms with van der Waals surface area (Å²) in [6.45, 7) is 1.23. The lowest BCUT2D eigenvalue weighted by molar-refractivity contribution is -0.0915. The number of allylic oxidation sites excluding steroid dienone is 2. The van der Waals surface area contributed by atoms with Gasteiger partial charge in [-0.15, -0.1) is 0 Å². The highest BCUT2D eigenvalue weighted by molar-refractivity contribution is 6.00. The summed E-state index contributed by atoms with van der Waals surface area (Å²) < 4.78 is 41.4. The lowest BCUT2D eigenvalue weighted by atomic mass is 10.1. The smallest absolute Gasteiger partial charge is 0.412 e. The number of alkyl halides is 3. The number of fused-ring (bicyclic) bond motifs is 3. The number of imidazole rings is 1. The number of amides is 1. The van der Waals surface area contributed by atoms with Gasteiger partial charge in [0.1, 0.15) is 0 Å². The predicted molar refractivity (Wildman–Crippen MR) is 116 cm³/mol. The van der Waals surface area contributed by atoms with Crippen molar-refractivity contribution in [2.75, 3.05) is 25.7 Å². The molecule has 174 valence electrons. The van der Waals surface area contributed by atoms with Crippen molar-refractivity contribution in [2.45, 2.75) is 26.1 Å².